The van der Waals surface area contributed by atoms with Crippen molar-refractivity contribution in [3.05, 3.63) is 17.0 Å². The average Bonchev–Trinajstić information content (AvgIpc) is 3.28. The first-order chi connectivity index (χ1) is 9.07. The number of rotatable bonds is 7. The first-order valence-corrected chi connectivity index (χ1v) is 9.13. The van der Waals surface area contributed by atoms with Gasteiger partial charge in [0.15, 0.2) is 0 Å². The smallest absolute Gasteiger partial charge is 0.252 e. The summed E-state index contributed by atoms with van der Waals surface area (Å²) >= 11 is 1.42. The highest BCUT2D eigenvalue weighted by Gasteiger charge is 2.35. The zero-order valence-corrected chi connectivity index (χ0v) is 12.8. The fourth-order valence-electron chi connectivity index (χ4n) is 2.09. The second-order valence-electron chi connectivity index (χ2n) is 5.45. The highest BCUT2D eigenvalue weighted by Crippen LogP contribution is 2.33. The Morgan fingerprint density at radius 2 is 2.05 bits per heavy atom. The summed E-state index contributed by atoms with van der Waals surface area (Å²) in [6, 6.07) is 4.65. The van der Waals surface area contributed by atoms with Crippen LogP contribution in [0.2, 0.25) is 0 Å². The van der Waals surface area contributed by atoms with Gasteiger partial charge in [-0.25, -0.2) is 8.42 Å². The van der Waals surface area contributed by atoms with Crippen LogP contribution in [-0.2, 0) is 16.4 Å². The van der Waals surface area contributed by atoms with E-state index in [9.17, 15) is 8.42 Å². The maximum atomic E-state index is 12.3. The van der Waals surface area contributed by atoms with Crippen molar-refractivity contribution in [1.29, 1.82) is 0 Å². The second-order valence-corrected chi connectivity index (χ2v) is 8.84. The molecule has 1 aromatic rings. The summed E-state index contributed by atoms with van der Waals surface area (Å²) in [6.45, 7) is 0.948. The van der Waals surface area contributed by atoms with Crippen molar-refractivity contribution in [2.24, 2.45) is 0 Å². The van der Waals surface area contributed by atoms with E-state index >= 15 is 0 Å². The monoisotopic (exact) mass is 300 g/mol. The quantitative estimate of drug-likeness (QED) is 0.836. The van der Waals surface area contributed by atoms with Crippen LogP contribution in [0.3, 0.4) is 0 Å². The van der Waals surface area contributed by atoms with Gasteiger partial charge in [-0.2, -0.15) is 4.31 Å². The molecule has 19 heavy (non-hydrogen) atoms. The highest BCUT2D eigenvalue weighted by atomic mass is 32.2. The maximum absolute atomic E-state index is 12.3. The number of thiophene rings is 1. The van der Waals surface area contributed by atoms with Gasteiger partial charge in [0.05, 0.1) is 0 Å². The molecule has 0 atom stereocenters. The normalized spacial score (nSPS) is 20.1. The zero-order chi connectivity index (χ0) is 13.5. The molecule has 0 bridgehead atoms. The Morgan fingerprint density at radius 3 is 2.68 bits per heavy atom. The maximum Gasteiger partial charge on any atom is 0.252 e. The molecule has 1 aromatic heterocycles. The van der Waals surface area contributed by atoms with E-state index < -0.39 is 10.0 Å². The number of hydrogen-bond acceptors (Lipinski definition) is 4. The molecule has 0 amide bonds. The van der Waals surface area contributed by atoms with E-state index in [0.717, 1.165) is 30.7 Å². The summed E-state index contributed by atoms with van der Waals surface area (Å²) in [6.07, 6.45) is 5.49. The Morgan fingerprint density at radius 1 is 1.32 bits per heavy atom. The van der Waals surface area contributed by atoms with Crippen LogP contribution in [0, 0.1) is 0 Å². The summed E-state index contributed by atoms with van der Waals surface area (Å²) in [4.78, 5) is 1.15. The molecule has 3 rings (SSSR count). The Bertz CT molecular complexity index is 545. The van der Waals surface area contributed by atoms with E-state index in [1.54, 1.807) is 13.1 Å². The molecule has 0 saturated heterocycles. The van der Waals surface area contributed by atoms with Crippen LogP contribution < -0.4 is 5.32 Å². The van der Waals surface area contributed by atoms with Gasteiger partial charge >= 0.3 is 0 Å². The molecule has 1 heterocycles. The van der Waals surface area contributed by atoms with Gasteiger partial charge in [0.25, 0.3) is 10.0 Å². The van der Waals surface area contributed by atoms with Crippen LogP contribution >= 0.6 is 11.3 Å². The Kier molecular flexibility index (Phi) is 3.68. The molecular weight excluding hydrogens is 280 g/mol. The van der Waals surface area contributed by atoms with Gasteiger partial charge in [-0.15, -0.1) is 11.3 Å². The fourth-order valence-corrected chi connectivity index (χ4v) is 5.05. The summed E-state index contributed by atoms with van der Waals surface area (Å²) < 4.78 is 26.7. The molecule has 6 heteroatoms. The lowest BCUT2D eigenvalue weighted by atomic mass is 10.3. The van der Waals surface area contributed by atoms with E-state index in [-0.39, 0.29) is 6.04 Å². The molecule has 0 unspecified atom stereocenters. The van der Waals surface area contributed by atoms with Crippen LogP contribution in [0.1, 0.15) is 30.6 Å². The van der Waals surface area contributed by atoms with Crippen LogP contribution in [-0.4, -0.2) is 38.4 Å². The molecule has 2 saturated carbocycles. The van der Waals surface area contributed by atoms with Gasteiger partial charge in [-0.1, -0.05) is 0 Å². The Balaban J connectivity index is 1.62. The third kappa shape index (κ3) is 3.18. The molecular formula is C13H20N2O2S2. The predicted molar refractivity (Wildman–Crippen MR) is 77.0 cm³/mol. The minimum Gasteiger partial charge on any atom is -0.314 e. The highest BCUT2D eigenvalue weighted by molar-refractivity contribution is 7.91. The summed E-state index contributed by atoms with van der Waals surface area (Å²) in [7, 11) is -1.56. The van der Waals surface area contributed by atoms with Crippen LogP contribution in [0.4, 0.5) is 0 Å². The number of sulfonamides is 1. The van der Waals surface area contributed by atoms with Crippen LogP contribution in [0.15, 0.2) is 16.3 Å². The van der Waals surface area contributed by atoms with E-state index in [1.807, 2.05) is 6.07 Å². The van der Waals surface area contributed by atoms with Crippen molar-refractivity contribution in [2.75, 3.05) is 13.6 Å². The van der Waals surface area contributed by atoms with Crippen LogP contribution in [0.25, 0.3) is 0 Å². The van der Waals surface area contributed by atoms with Crippen molar-refractivity contribution in [3.63, 3.8) is 0 Å². The number of nitrogens with zero attached hydrogens (tertiary/aromatic N) is 1. The standard InChI is InChI=1S/C13H20N2O2S2/c1-15(11-4-5-11)19(16,17)13-7-6-12(18-13)8-9-14-10-2-3-10/h6-7,10-11,14H,2-5,8-9H2,1H3. The van der Waals surface area contributed by atoms with Crippen molar-refractivity contribution in [1.82, 2.24) is 9.62 Å². The number of hydrogen-bond donors (Lipinski definition) is 1. The molecule has 0 radical (unpaired) electrons. The van der Waals surface area contributed by atoms with Crippen LogP contribution in [0.5, 0.6) is 0 Å². The third-order valence-corrected chi connectivity index (χ3v) is 7.24. The van der Waals surface area contributed by atoms with Gasteiger partial charge in [-0.05, 0) is 44.2 Å². The molecule has 2 aliphatic carbocycles. The lowest BCUT2D eigenvalue weighted by Gasteiger charge is -2.14. The van der Waals surface area contributed by atoms with Gasteiger partial charge < -0.3 is 5.32 Å². The fraction of sp³-hybridized carbons (Fsp3) is 0.692. The van der Waals surface area contributed by atoms with Gasteiger partial charge in [-0.3, -0.25) is 0 Å². The van der Waals surface area contributed by atoms with Crippen molar-refractivity contribution in [3.8, 4) is 0 Å². The first kappa shape index (κ1) is 13.5. The molecule has 0 spiro atoms. The molecule has 0 aromatic carbocycles. The summed E-state index contributed by atoms with van der Waals surface area (Å²) in [5, 5.41) is 3.45. The first-order valence-electron chi connectivity index (χ1n) is 6.87. The van der Waals surface area contributed by atoms with Gasteiger partial charge in [0.1, 0.15) is 4.21 Å². The van der Waals surface area contributed by atoms with Crippen molar-refractivity contribution >= 4 is 21.4 Å². The Labute approximate surface area is 118 Å². The molecule has 106 valence electrons. The summed E-state index contributed by atoms with van der Waals surface area (Å²) in [5.41, 5.74) is 0. The third-order valence-electron chi connectivity index (χ3n) is 3.71. The molecule has 0 aliphatic heterocycles. The Hall–Kier alpha value is -0.430. The van der Waals surface area contributed by atoms with E-state index in [4.69, 9.17) is 0 Å². The molecule has 1 N–H and O–H groups in total. The molecule has 2 aliphatic rings. The van der Waals surface area contributed by atoms with E-state index in [2.05, 4.69) is 5.32 Å². The second kappa shape index (κ2) is 5.16. The van der Waals surface area contributed by atoms with Gasteiger partial charge in [0, 0.05) is 30.6 Å². The minimum absolute atomic E-state index is 0.229. The largest absolute Gasteiger partial charge is 0.314 e. The SMILES string of the molecule is CN(C1CC1)S(=O)(=O)c1ccc(CCNC2CC2)s1. The number of nitrogens with one attached hydrogen (secondary N) is 1. The average molecular weight is 300 g/mol. The minimum atomic E-state index is -3.25. The summed E-state index contributed by atoms with van der Waals surface area (Å²) in [5.74, 6) is 0. The molecule has 4 nitrogen and oxygen atoms in total. The lowest BCUT2D eigenvalue weighted by molar-refractivity contribution is 0.466. The van der Waals surface area contributed by atoms with Gasteiger partial charge in [0.2, 0.25) is 0 Å². The predicted octanol–water partition coefficient (Wildman–Crippen LogP) is 1.83. The van der Waals surface area contributed by atoms with E-state index in [1.165, 1.54) is 28.5 Å². The lowest BCUT2D eigenvalue weighted by Crippen LogP contribution is -2.28. The van der Waals surface area contributed by atoms with E-state index in [0.29, 0.717) is 10.3 Å². The zero-order valence-electron chi connectivity index (χ0n) is 11.1. The topological polar surface area (TPSA) is 49.4 Å². The van der Waals surface area contributed by atoms with Crippen molar-refractivity contribution < 1.29 is 8.42 Å². The van der Waals surface area contributed by atoms with Crippen molar-refractivity contribution in [2.45, 2.75) is 48.4 Å². The molecule has 2 fully saturated rings.